The first-order valence-electron chi connectivity index (χ1n) is 6.29. The van der Waals surface area contributed by atoms with Crippen molar-refractivity contribution in [3.63, 3.8) is 0 Å². The molecule has 2 heterocycles. The fourth-order valence-electron chi connectivity index (χ4n) is 2.81. The number of amides is 1. The van der Waals surface area contributed by atoms with Crippen LogP contribution in [-0.4, -0.2) is 47.6 Å². The van der Waals surface area contributed by atoms with E-state index in [1.807, 2.05) is 6.92 Å². The summed E-state index contributed by atoms with van der Waals surface area (Å²) in [6.07, 6.45) is 3.00. The second kappa shape index (κ2) is 4.64. The molecule has 0 spiro atoms. The van der Waals surface area contributed by atoms with E-state index in [0.29, 0.717) is 13.0 Å². The van der Waals surface area contributed by atoms with Gasteiger partial charge in [0.25, 0.3) is 0 Å². The number of rotatable bonds is 2. The number of aliphatic carboxylic acids is 1. The number of nitrogens with one attached hydrogen (secondary N) is 1. The van der Waals surface area contributed by atoms with E-state index >= 15 is 0 Å². The summed E-state index contributed by atoms with van der Waals surface area (Å²) in [7, 11) is 0. The molecular formula is C12H20N2O3. The van der Waals surface area contributed by atoms with Crippen LogP contribution in [0, 0.1) is 5.41 Å². The van der Waals surface area contributed by atoms with Crippen LogP contribution in [0.1, 0.15) is 32.6 Å². The zero-order chi connectivity index (χ0) is 12.5. The number of hydrogen-bond donors (Lipinski definition) is 2. The van der Waals surface area contributed by atoms with Crippen molar-refractivity contribution in [3.8, 4) is 0 Å². The SMILES string of the molecule is CC1(C(=O)N2CCC[C@@H]2C(=O)O)CCNCC1. The van der Waals surface area contributed by atoms with Gasteiger partial charge in [0, 0.05) is 12.0 Å². The summed E-state index contributed by atoms with van der Waals surface area (Å²) in [5.74, 6) is -0.836. The van der Waals surface area contributed by atoms with Gasteiger partial charge in [0.15, 0.2) is 0 Å². The van der Waals surface area contributed by atoms with Crippen molar-refractivity contribution in [2.24, 2.45) is 5.41 Å². The maximum Gasteiger partial charge on any atom is 0.326 e. The molecule has 0 unspecified atom stereocenters. The maximum atomic E-state index is 12.5. The van der Waals surface area contributed by atoms with E-state index in [4.69, 9.17) is 5.11 Å². The van der Waals surface area contributed by atoms with Gasteiger partial charge in [-0.2, -0.15) is 0 Å². The summed E-state index contributed by atoms with van der Waals surface area (Å²) in [5.41, 5.74) is -0.372. The number of carbonyl (C=O) groups is 2. The fourth-order valence-corrected chi connectivity index (χ4v) is 2.81. The standard InChI is InChI=1S/C12H20N2O3/c1-12(4-6-13-7-5-12)11(17)14-8-2-3-9(14)10(15)16/h9,13H,2-8H2,1H3,(H,15,16)/t9-/m1/s1. The summed E-state index contributed by atoms with van der Waals surface area (Å²) in [4.78, 5) is 25.1. The molecule has 0 aromatic heterocycles. The van der Waals surface area contributed by atoms with Gasteiger partial charge in [-0.3, -0.25) is 4.79 Å². The monoisotopic (exact) mass is 240 g/mol. The molecule has 96 valence electrons. The molecule has 1 atom stereocenters. The lowest BCUT2D eigenvalue weighted by Gasteiger charge is -2.37. The maximum absolute atomic E-state index is 12.5. The smallest absolute Gasteiger partial charge is 0.326 e. The number of likely N-dealkylation sites (tertiary alicyclic amines) is 1. The highest BCUT2D eigenvalue weighted by atomic mass is 16.4. The number of piperidine rings is 1. The Balaban J connectivity index is 2.10. The van der Waals surface area contributed by atoms with Gasteiger partial charge in [0.2, 0.25) is 5.91 Å². The van der Waals surface area contributed by atoms with E-state index in [1.54, 1.807) is 4.90 Å². The van der Waals surface area contributed by atoms with Gasteiger partial charge < -0.3 is 15.3 Å². The van der Waals surface area contributed by atoms with Gasteiger partial charge >= 0.3 is 5.97 Å². The summed E-state index contributed by atoms with van der Waals surface area (Å²) in [6, 6.07) is -0.603. The van der Waals surface area contributed by atoms with Gasteiger partial charge in [-0.25, -0.2) is 4.79 Å². The van der Waals surface area contributed by atoms with Crippen LogP contribution >= 0.6 is 0 Å². The van der Waals surface area contributed by atoms with Crippen molar-refractivity contribution in [2.45, 2.75) is 38.6 Å². The van der Waals surface area contributed by atoms with Crippen LogP contribution in [0.4, 0.5) is 0 Å². The average molecular weight is 240 g/mol. The minimum atomic E-state index is -0.867. The molecule has 0 bridgehead atoms. The number of carboxylic acid groups (broad SMARTS) is 1. The molecule has 2 aliphatic rings. The topological polar surface area (TPSA) is 69.6 Å². The molecule has 5 nitrogen and oxygen atoms in total. The highest BCUT2D eigenvalue weighted by molar-refractivity contribution is 5.88. The Morgan fingerprint density at radius 3 is 2.59 bits per heavy atom. The highest BCUT2D eigenvalue weighted by Gasteiger charge is 2.43. The van der Waals surface area contributed by atoms with Crippen LogP contribution in [0.2, 0.25) is 0 Å². The second-order valence-electron chi connectivity index (χ2n) is 5.31. The van der Waals surface area contributed by atoms with Gasteiger partial charge in [0.05, 0.1) is 0 Å². The number of carbonyl (C=O) groups excluding carboxylic acids is 1. The Morgan fingerprint density at radius 2 is 2.00 bits per heavy atom. The van der Waals surface area contributed by atoms with E-state index in [2.05, 4.69) is 5.32 Å². The first-order chi connectivity index (χ1) is 8.04. The third-order valence-electron chi connectivity index (χ3n) is 4.02. The van der Waals surface area contributed by atoms with Crippen molar-refractivity contribution >= 4 is 11.9 Å². The largest absolute Gasteiger partial charge is 0.480 e. The number of nitrogens with zero attached hydrogens (tertiary/aromatic N) is 1. The lowest BCUT2D eigenvalue weighted by atomic mass is 9.79. The van der Waals surface area contributed by atoms with Gasteiger partial charge in [0.1, 0.15) is 6.04 Å². The van der Waals surface area contributed by atoms with Crippen LogP contribution in [0.3, 0.4) is 0 Å². The predicted molar refractivity (Wildman–Crippen MR) is 62.6 cm³/mol. The van der Waals surface area contributed by atoms with E-state index < -0.39 is 12.0 Å². The molecule has 2 aliphatic heterocycles. The quantitative estimate of drug-likeness (QED) is 0.735. The van der Waals surface area contributed by atoms with Crippen molar-refractivity contribution in [2.75, 3.05) is 19.6 Å². The molecule has 2 rings (SSSR count). The third kappa shape index (κ3) is 2.29. The van der Waals surface area contributed by atoms with E-state index in [-0.39, 0.29) is 11.3 Å². The molecule has 5 heteroatoms. The molecule has 0 aromatic carbocycles. The summed E-state index contributed by atoms with van der Waals surface area (Å²) < 4.78 is 0. The molecular weight excluding hydrogens is 220 g/mol. The summed E-state index contributed by atoms with van der Waals surface area (Å²) in [6.45, 7) is 4.24. The molecule has 2 N–H and O–H groups in total. The van der Waals surface area contributed by atoms with Crippen molar-refractivity contribution in [1.82, 2.24) is 10.2 Å². The van der Waals surface area contributed by atoms with E-state index in [9.17, 15) is 9.59 Å². The average Bonchev–Trinajstić information content (AvgIpc) is 2.77. The lowest BCUT2D eigenvalue weighted by molar-refractivity contribution is -0.153. The second-order valence-corrected chi connectivity index (χ2v) is 5.31. The highest BCUT2D eigenvalue weighted by Crippen LogP contribution is 2.33. The first kappa shape index (κ1) is 12.4. The zero-order valence-electron chi connectivity index (χ0n) is 10.2. The van der Waals surface area contributed by atoms with Crippen molar-refractivity contribution < 1.29 is 14.7 Å². The zero-order valence-corrected chi connectivity index (χ0v) is 10.2. The number of carboxylic acids is 1. The normalized spacial score (nSPS) is 28.1. The predicted octanol–water partition coefficient (Wildman–Crippen LogP) is 0.452. The Hall–Kier alpha value is -1.10. The first-order valence-corrected chi connectivity index (χ1v) is 6.29. The Labute approximate surface area is 101 Å². The molecule has 0 aliphatic carbocycles. The van der Waals surface area contributed by atoms with Gasteiger partial charge in [-0.1, -0.05) is 6.92 Å². The molecule has 2 saturated heterocycles. The van der Waals surface area contributed by atoms with E-state index in [1.165, 1.54) is 0 Å². The molecule has 0 saturated carbocycles. The van der Waals surface area contributed by atoms with Crippen LogP contribution in [0.25, 0.3) is 0 Å². The Kier molecular flexibility index (Phi) is 3.38. The minimum Gasteiger partial charge on any atom is -0.480 e. The third-order valence-corrected chi connectivity index (χ3v) is 4.02. The van der Waals surface area contributed by atoms with Crippen LogP contribution in [0.15, 0.2) is 0 Å². The molecule has 1 amide bonds. The van der Waals surface area contributed by atoms with Gasteiger partial charge in [-0.05, 0) is 38.8 Å². The van der Waals surface area contributed by atoms with Crippen LogP contribution < -0.4 is 5.32 Å². The molecule has 17 heavy (non-hydrogen) atoms. The Morgan fingerprint density at radius 1 is 1.35 bits per heavy atom. The minimum absolute atomic E-state index is 0.0314. The van der Waals surface area contributed by atoms with Crippen LogP contribution in [0.5, 0.6) is 0 Å². The molecule has 0 radical (unpaired) electrons. The number of hydrogen-bond acceptors (Lipinski definition) is 3. The molecule has 0 aromatic rings. The van der Waals surface area contributed by atoms with E-state index in [0.717, 1.165) is 32.4 Å². The van der Waals surface area contributed by atoms with Crippen molar-refractivity contribution in [3.05, 3.63) is 0 Å². The lowest BCUT2D eigenvalue weighted by Crippen LogP contribution is -2.50. The molecule has 2 fully saturated rings. The van der Waals surface area contributed by atoms with Crippen molar-refractivity contribution in [1.29, 1.82) is 0 Å². The summed E-state index contributed by atoms with van der Waals surface area (Å²) in [5, 5.41) is 12.3. The van der Waals surface area contributed by atoms with Gasteiger partial charge in [-0.15, -0.1) is 0 Å². The summed E-state index contributed by atoms with van der Waals surface area (Å²) >= 11 is 0. The van der Waals surface area contributed by atoms with Crippen LogP contribution in [-0.2, 0) is 9.59 Å². The Bertz CT molecular complexity index is 324. The fraction of sp³-hybridized carbons (Fsp3) is 0.833.